The van der Waals surface area contributed by atoms with Crippen molar-refractivity contribution in [2.24, 2.45) is 0 Å². The highest BCUT2D eigenvalue weighted by molar-refractivity contribution is 6.01. The van der Waals surface area contributed by atoms with Gasteiger partial charge in [-0.3, -0.25) is 14.6 Å². The molecule has 0 atom stereocenters. The molecule has 2 aromatic heterocycles. The number of halogens is 1. The van der Waals surface area contributed by atoms with E-state index in [1.165, 1.54) is 29.9 Å². The first kappa shape index (κ1) is 26.6. The monoisotopic (exact) mass is 500 g/mol. The fourth-order valence-electron chi connectivity index (χ4n) is 3.80. The Hall–Kier alpha value is -3.99. The van der Waals surface area contributed by atoms with Gasteiger partial charge in [0.15, 0.2) is 5.75 Å². The molecule has 3 aromatic rings. The number of fused-ring (bicyclic) bond motifs is 1. The first-order valence-corrected chi connectivity index (χ1v) is 11.5. The highest BCUT2D eigenvalue weighted by Gasteiger charge is 2.23. The summed E-state index contributed by atoms with van der Waals surface area (Å²) < 4.78 is 14.6. The molecule has 192 valence electrons. The van der Waals surface area contributed by atoms with Gasteiger partial charge in [0.2, 0.25) is 0 Å². The number of carbonyl (C=O) groups excluding carboxylic acids is 1. The normalized spacial score (nSPS) is 11.0. The second kappa shape index (κ2) is 12.1. The highest BCUT2D eigenvalue weighted by atomic mass is 19.1. The fourth-order valence-corrected chi connectivity index (χ4v) is 3.80. The molecule has 0 spiro atoms. The first-order valence-electron chi connectivity index (χ1n) is 11.5. The number of carboxylic acid groups (broad SMARTS) is 1. The molecule has 0 aliphatic rings. The Bertz CT molecular complexity index is 1290. The number of aromatic nitrogens is 2. The van der Waals surface area contributed by atoms with Crippen molar-refractivity contribution >= 4 is 23.0 Å². The minimum atomic E-state index is -1.11. The van der Waals surface area contributed by atoms with Crippen LogP contribution in [0.3, 0.4) is 0 Å². The van der Waals surface area contributed by atoms with E-state index in [1.807, 2.05) is 0 Å². The van der Waals surface area contributed by atoms with E-state index in [0.29, 0.717) is 30.3 Å². The Morgan fingerprint density at radius 3 is 2.53 bits per heavy atom. The Kier molecular flexibility index (Phi) is 8.96. The molecule has 0 radical (unpaired) electrons. The summed E-state index contributed by atoms with van der Waals surface area (Å²) in [4.78, 5) is 42.6. The third kappa shape index (κ3) is 6.36. The van der Waals surface area contributed by atoms with Crippen molar-refractivity contribution in [3.63, 3.8) is 0 Å². The van der Waals surface area contributed by atoms with Crippen LogP contribution in [-0.2, 0) is 13.0 Å². The number of aryl methyl sites for hydroxylation is 1. The van der Waals surface area contributed by atoms with Gasteiger partial charge in [-0.25, -0.2) is 9.18 Å². The number of carbonyl (C=O) groups is 2. The maximum Gasteiger partial charge on any atom is 0.407 e. The maximum absolute atomic E-state index is 13.4. The Morgan fingerprint density at radius 1 is 1.14 bits per heavy atom. The van der Waals surface area contributed by atoms with Gasteiger partial charge in [0.05, 0.1) is 5.52 Å². The SMILES string of the molecule is CN(CCCn1c(=O)c(C(=O)NCCCCO)c(O)c2ncc(Cc3ccc(F)cc3)cc21)C(=O)O. The average molecular weight is 501 g/mol. The third-order valence-electron chi connectivity index (χ3n) is 5.76. The number of aliphatic hydroxyl groups excluding tert-OH is 1. The molecule has 0 aliphatic carbocycles. The predicted molar refractivity (Wildman–Crippen MR) is 131 cm³/mol. The van der Waals surface area contributed by atoms with Crippen LogP contribution in [0, 0.1) is 5.82 Å². The van der Waals surface area contributed by atoms with Gasteiger partial charge in [0.25, 0.3) is 11.5 Å². The molecule has 10 nitrogen and oxygen atoms in total. The van der Waals surface area contributed by atoms with Gasteiger partial charge in [0, 0.05) is 39.5 Å². The molecule has 0 bridgehead atoms. The van der Waals surface area contributed by atoms with Crippen LogP contribution in [0.5, 0.6) is 5.75 Å². The average Bonchev–Trinajstić information content (AvgIpc) is 2.85. The first-order chi connectivity index (χ1) is 17.2. The summed E-state index contributed by atoms with van der Waals surface area (Å²) in [5.41, 5.74) is 0.704. The van der Waals surface area contributed by atoms with Gasteiger partial charge in [-0.15, -0.1) is 0 Å². The van der Waals surface area contributed by atoms with E-state index in [1.54, 1.807) is 18.2 Å². The quantitative estimate of drug-likeness (QED) is 0.296. The topological polar surface area (TPSA) is 145 Å². The van der Waals surface area contributed by atoms with Gasteiger partial charge in [0.1, 0.15) is 16.9 Å². The van der Waals surface area contributed by atoms with Gasteiger partial charge in [-0.2, -0.15) is 0 Å². The summed E-state index contributed by atoms with van der Waals surface area (Å²) in [6.07, 6.45) is 2.06. The molecule has 1 aromatic carbocycles. The Balaban J connectivity index is 2.01. The lowest BCUT2D eigenvalue weighted by molar-refractivity contribution is 0.0947. The molecule has 2 amide bonds. The van der Waals surface area contributed by atoms with Crippen molar-refractivity contribution in [3.05, 3.63) is 69.4 Å². The van der Waals surface area contributed by atoms with Crippen LogP contribution in [-0.4, -0.2) is 68.5 Å². The summed E-state index contributed by atoms with van der Waals surface area (Å²) in [5, 5.41) is 31.4. The number of hydrogen-bond donors (Lipinski definition) is 4. The van der Waals surface area contributed by atoms with Gasteiger partial charge in [-0.1, -0.05) is 12.1 Å². The van der Waals surface area contributed by atoms with Crippen LogP contribution in [0.25, 0.3) is 11.0 Å². The molecule has 11 heteroatoms. The van der Waals surface area contributed by atoms with Crippen LogP contribution >= 0.6 is 0 Å². The van der Waals surface area contributed by atoms with E-state index in [0.717, 1.165) is 10.5 Å². The standard InChI is InChI=1S/C25H29FN4O6/c1-29(25(35)36)10-4-11-30-19-14-17(13-16-5-7-18(26)8-6-16)15-28-21(19)22(32)20(24(30)34)23(33)27-9-2-3-12-31/h5-8,14-15,31-32H,2-4,9-13H2,1H3,(H,27,33)(H,35,36). The minimum Gasteiger partial charge on any atom is -0.505 e. The van der Waals surface area contributed by atoms with Crippen molar-refractivity contribution in [2.45, 2.75) is 32.2 Å². The summed E-state index contributed by atoms with van der Waals surface area (Å²) >= 11 is 0. The molecule has 0 saturated carbocycles. The van der Waals surface area contributed by atoms with Gasteiger partial charge < -0.3 is 30.1 Å². The molecule has 36 heavy (non-hydrogen) atoms. The molecular weight excluding hydrogens is 471 g/mol. The molecule has 3 rings (SSSR count). The van der Waals surface area contributed by atoms with Crippen molar-refractivity contribution in [1.29, 1.82) is 0 Å². The second-order valence-corrected chi connectivity index (χ2v) is 8.44. The number of nitrogens with zero attached hydrogens (tertiary/aromatic N) is 3. The smallest absolute Gasteiger partial charge is 0.407 e. The van der Waals surface area contributed by atoms with Crippen LogP contribution in [0.4, 0.5) is 9.18 Å². The number of aliphatic hydroxyl groups is 1. The van der Waals surface area contributed by atoms with Crippen molar-refractivity contribution in [1.82, 2.24) is 19.8 Å². The van der Waals surface area contributed by atoms with E-state index >= 15 is 0 Å². The lowest BCUT2D eigenvalue weighted by Gasteiger charge is -2.17. The minimum absolute atomic E-state index is 0.0289. The molecule has 0 fully saturated rings. The Morgan fingerprint density at radius 2 is 1.86 bits per heavy atom. The summed E-state index contributed by atoms with van der Waals surface area (Å²) in [6.45, 7) is 0.415. The van der Waals surface area contributed by atoms with Crippen LogP contribution in [0.2, 0.25) is 0 Å². The molecular formula is C25H29FN4O6. The molecule has 0 unspecified atom stereocenters. The van der Waals surface area contributed by atoms with E-state index in [9.17, 15) is 23.9 Å². The predicted octanol–water partition coefficient (Wildman–Crippen LogP) is 2.33. The second-order valence-electron chi connectivity index (χ2n) is 8.44. The maximum atomic E-state index is 13.4. The number of rotatable bonds is 11. The van der Waals surface area contributed by atoms with E-state index in [4.69, 9.17) is 10.2 Å². The van der Waals surface area contributed by atoms with E-state index < -0.39 is 28.9 Å². The largest absolute Gasteiger partial charge is 0.505 e. The third-order valence-corrected chi connectivity index (χ3v) is 5.76. The number of hydrogen-bond acceptors (Lipinski definition) is 6. The van der Waals surface area contributed by atoms with Crippen LogP contribution in [0.15, 0.2) is 41.3 Å². The lowest BCUT2D eigenvalue weighted by Crippen LogP contribution is -2.35. The summed E-state index contributed by atoms with van der Waals surface area (Å²) in [5.74, 6) is -1.66. The van der Waals surface area contributed by atoms with Gasteiger partial charge in [-0.05, 0) is 55.0 Å². The van der Waals surface area contributed by atoms with Crippen molar-refractivity contribution in [2.75, 3.05) is 26.7 Å². The number of benzene rings is 1. The molecule has 0 aliphatic heterocycles. The highest BCUT2D eigenvalue weighted by Crippen LogP contribution is 2.26. The number of unbranched alkanes of at least 4 members (excludes halogenated alkanes) is 1. The zero-order chi connectivity index (χ0) is 26.2. The van der Waals surface area contributed by atoms with Crippen molar-refractivity contribution < 1.29 is 29.3 Å². The van der Waals surface area contributed by atoms with Crippen molar-refractivity contribution in [3.8, 4) is 5.75 Å². The summed E-state index contributed by atoms with van der Waals surface area (Å²) in [7, 11) is 1.41. The van der Waals surface area contributed by atoms with E-state index in [-0.39, 0.29) is 44.0 Å². The summed E-state index contributed by atoms with van der Waals surface area (Å²) in [6, 6.07) is 7.63. The molecule has 4 N–H and O–H groups in total. The zero-order valence-corrected chi connectivity index (χ0v) is 19.9. The number of pyridine rings is 2. The molecule has 0 saturated heterocycles. The molecule has 2 heterocycles. The van der Waals surface area contributed by atoms with Crippen LogP contribution < -0.4 is 10.9 Å². The Labute approximate surface area is 206 Å². The fraction of sp³-hybridized carbons (Fsp3) is 0.360. The lowest BCUT2D eigenvalue weighted by atomic mass is 10.1. The van der Waals surface area contributed by atoms with Gasteiger partial charge >= 0.3 is 6.09 Å². The number of amides is 2. The van der Waals surface area contributed by atoms with E-state index in [2.05, 4.69) is 10.3 Å². The van der Waals surface area contributed by atoms with Crippen LogP contribution in [0.1, 0.15) is 40.7 Å². The zero-order valence-electron chi connectivity index (χ0n) is 19.9. The number of nitrogens with one attached hydrogen (secondary N) is 1. The number of aromatic hydroxyl groups is 1.